The number of amides is 1. The zero-order chi connectivity index (χ0) is 18.4. The van der Waals surface area contributed by atoms with E-state index in [1.54, 1.807) is 23.1 Å². The first-order valence-electron chi connectivity index (χ1n) is 8.58. The van der Waals surface area contributed by atoms with Crippen molar-refractivity contribution in [1.29, 1.82) is 0 Å². The van der Waals surface area contributed by atoms with Gasteiger partial charge in [-0.15, -0.1) is 0 Å². The van der Waals surface area contributed by atoms with Crippen molar-refractivity contribution >= 4 is 11.9 Å². The monoisotopic (exact) mass is 356 g/mol. The number of esters is 1. The Morgan fingerprint density at radius 3 is 2.65 bits per heavy atom. The lowest BCUT2D eigenvalue weighted by molar-refractivity contribution is -0.149. The van der Waals surface area contributed by atoms with Gasteiger partial charge in [0.2, 0.25) is 5.91 Å². The van der Waals surface area contributed by atoms with Crippen molar-refractivity contribution in [2.45, 2.75) is 25.6 Å². The summed E-state index contributed by atoms with van der Waals surface area (Å²) in [6.07, 6.45) is -0.0422. The van der Waals surface area contributed by atoms with Gasteiger partial charge in [0, 0.05) is 25.2 Å². The van der Waals surface area contributed by atoms with Crippen LogP contribution in [0, 0.1) is 5.82 Å². The molecule has 1 aliphatic heterocycles. The molecule has 136 valence electrons. The van der Waals surface area contributed by atoms with Gasteiger partial charge < -0.3 is 15.0 Å². The molecule has 0 aromatic heterocycles. The van der Waals surface area contributed by atoms with Crippen LogP contribution in [0.1, 0.15) is 17.5 Å². The molecule has 1 unspecified atom stereocenters. The van der Waals surface area contributed by atoms with Crippen LogP contribution in [0.15, 0.2) is 54.6 Å². The van der Waals surface area contributed by atoms with E-state index in [9.17, 15) is 14.0 Å². The Balaban J connectivity index is 1.54. The first kappa shape index (κ1) is 18.1. The quantitative estimate of drug-likeness (QED) is 0.807. The Morgan fingerprint density at radius 1 is 1.15 bits per heavy atom. The summed E-state index contributed by atoms with van der Waals surface area (Å²) in [4.78, 5) is 26.2. The standard InChI is InChI=1S/C20H21FN2O3/c21-17-9-5-4-8-16(17)13-23-11-10-22-18(20(23)25)12-19(24)26-14-15-6-2-1-3-7-15/h1-9,18,22H,10-14H2. The number of hydrogen-bond acceptors (Lipinski definition) is 4. The third-order valence-electron chi connectivity index (χ3n) is 4.31. The molecule has 1 heterocycles. The van der Waals surface area contributed by atoms with Crippen LogP contribution in [-0.2, 0) is 27.5 Å². The average molecular weight is 356 g/mol. The van der Waals surface area contributed by atoms with Crippen LogP contribution >= 0.6 is 0 Å². The van der Waals surface area contributed by atoms with Gasteiger partial charge in [0.05, 0.1) is 12.5 Å². The van der Waals surface area contributed by atoms with Crippen molar-refractivity contribution in [1.82, 2.24) is 10.2 Å². The van der Waals surface area contributed by atoms with Gasteiger partial charge in [-0.1, -0.05) is 48.5 Å². The highest BCUT2D eigenvalue weighted by Crippen LogP contribution is 2.14. The number of halogens is 1. The molecular formula is C20H21FN2O3. The van der Waals surface area contributed by atoms with Crippen molar-refractivity contribution in [2.75, 3.05) is 13.1 Å². The molecule has 3 rings (SSSR count). The van der Waals surface area contributed by atoms with E-state index >= 15 is 0 Å². The SMILES string of the molecule is O=C(CC1NCCN(Cc2ccccc2F)C1=O)OCc1ccccc1. The fraction of sp³-hybridized carbons (Fsp3) is 0.300. The lowest BCUT2D eigenvalue weighted by Gasteiger charge is -2.33. The van der Waals surface area contributed by atoms with Gasteiger partial charge in [-0.25, -0.2) is 4.39 Å². The van der Waals surface area contributed by atoms with Crippen LogP contribution < -0.4 is 5.32 Å². The van der Waals surface area contributed by atoms with Crippen molar-refractivity contribution in [2.24, 2.45) is 0 Å². The minimum absolute atomic E-state index is 0.0422. The topological polar surface area (TPSA) is 58.6 Å². The van der Waals surface area contributed by atoms with E-state index in [0.717, 1.165) is 5.56 Å². The summed E-state index contributed by atoms with van der Waals surface area (Å²) in [6.45, 7) is 1.40. The maximum absolute atomic E-state index is 13.8. The van der Waals surface area contributed by atoms with E-state index in [-0.39, 0.29) is 31.3 Å². The number of benzene rings is 2. The van der Waals surface area contributed by atoms with Crippen LogP contribution in [0.4, 0.5) is 4.39 Å². The lowest BCUT2D eigenvalue weighted by Crippen LogP contribution is -2.55. The summed E-state index contributed by atoms with van der Waals surface area (Å²) in [7, 11) is 0. The van der Waals surface area contributed by atoms with Gasteiger partial charge in [0.25, 0.3) is 0 Å². The predicted molar refractivity (Wildman–Crippen MR) is 94.5 cm³/mol. The van der Waals surface area contributed by atoms with Crippen LogP contribution in [0.25, 0.3) is 0 Å². The van der Waals surface area contributed by atoms with E-state index in [0.29, 0.717) is 18.7 Å². The summed E-state index contributed by atoms with van der Waals surface area (Å²) >= 11 is 0. The second-order valence-corrected chi connectivity index (χ2v) is 6.21. The van der Waals surface area contributed by atoms with Crippen molar-refractivity contribution in [3.8, 4) is 0 Å². The fourth-order valence-electron chi connectivity index (χ4n) is 2.90. The Morgan fingerprint density at radius 2 is 1.88 bits per heavy atom. The molecule has 6 heteroatoms. The van der Waals surface area contributed by atoms with Crippen LogP contribution in [0.5, 0.6) is 0 Å². The second kappa shape index (κ2) is 8.58. The Kier molecular flexibility index (Phi) is 5.96. The molecule has 5 nitrogen and oxygen atoms in total. The Labute approximate surface area is 151 Å². The number of piperazine rings is 1. The molecule has 1 aliphatic rings. The van der Waals surface area contributed by atoms with E-state index in [1.165, 1.54) is 6.07 Å². The summed E-state index contributed by atoms with van der Waals surface area (Å²) in [6, 6.07) is 15.1. The summed E-state index contributed by atoms with van der Waals surface area (Å²) in [5.41, 5.74) is 1.36. The number of nitrogens with one attached hydrogen (secondary N) is 1. The van der Waals surface area contributed by atoms with E-state index in [4.69, 9.17) is 4.74 Å². The molecule has 26 heavy (non-hydrogen) atoms. The van der Waals surface area contributed by atoms with Crippen LogP contribution in [-0.4, -0.2) is 35.9 Å². The summed E-state index contributed by atoms with van der Waals surface area (Å²) in [5.74, 6) is -0.985. The Hall–Kier alpha value is -2.73. The van der Waals surface area contributed by atoms with Gasteiger partial charge in [0.15, 0.2) is 0 Å². The average Bonchev–Trinajstić information content (AvgIpc) is 2.66. The molecule has 0 saturated carbocycles. The minimum Gasteiger partial charge on any atom is -0.461 e. The first-order valence-corrected chi connectivity index (χ1v) is 8.58. The highest BCUT2D eigenvalue weighted by atomic mass is 19.1. The zero-order valence-corrected chi connectivity index (χ0v) is 14.4. The number of carbonyl (C=O) groups excluding carboxylic acids is 2. The molecule has 1 fully saturated rings. The van der Waals surface area contributed by atoms with Gasteiger partial charge >= 0.3 is 5.97 Å². The summed E-state index contributed by atoms with van der Waals surface area (Å²) in [5, 5.41) is 3.04. The third kappa shape index (κ3) is 4.67. The predicted octanol–water partition coefficient (Wildman–Crippen LogP) is 2.26. The molecule has 0 bridgehead atoms. The van der Waals surface area contributed by atoms with Crippen molar-refractivity contribution in [3.63, 3.8) is 0 Å². The van der Waals surface area contributed by atoms with Gasteiger partial charge in [0.1, 0.15) is 12.4 Å². The fourth-order valence-corrected chi connectivity index (χ4v) is 2.90. The molecule has 2 aromatic rings. The number of nitrogens with zero attached hydrogens (tertiary/aromatic N) is 1. The normalized spacial score (nSPS) is 17.2. The van der Waals surface area contributed by atoms with Crippen molar-refractivity contribution < 1.29 is 18.7 Å². The number of rotatable bonds is 6. The highest BCUT2D eigenvalue weighted by molar-refractivity contribution is 5.87. The van der Waals surface area contributed by atoms with E-state index in [2.05, 4.69) is 5.32 Å². The molecule has 1 amide bonds. The summed E-state index contributed by atoms with van der Waals surface area (Å²) < 4.78 is 19.1. The second-order valence-electron chi connectivity index (χ2n) is 6.21. The molecular weight excluding hydrogens is 335 g/mol. The number of ether oxygens (including phenoxy) is 1. The molecule has 1 N–H and O–H groups in total. The first-order chi connectivity index (χ1) is 12.6. The van der Waals surface area contributed by atoms with Gasteiger partial charge in [-0.2, -0.15) is 0 Å². The number of carbonyl (C=O) groups is 2. The molecule has 0 aliphatic carbocycles. The minimum atomic E-state index is -0.640. The third-order valence-corrected chi connectivity index (χ3v) is 4.31. The van der Waals surface area contributed by atoms with E-state index in [1.807, 2.05) is 30.3 Å². The van der Waals surface area contributed by atoms with E-state index < -0.39 is 12.0 Å². The molecule has 0 spiro atoms. The zero-order valence-electron chi connectivity index (χ0n) is 14.4. The van der Waals surface area contributed by atoms with Crippen LogP contribution in [0.3, 0.4) is 0 Å². The molecule has 1 saturated heterocycles. The maximum atomic E-state index is 13.8. The molecule has 1 atom stereocenters. The van der Waals surface area contributed by atoms with Crippen molar-refractivity contribution in [3.05, 3.63) is 71.5 Å². The maximum Gasteiger partial charge on any atom is 0.308 e. The smallest absolute Gasteiger partial charge is 0.308 e. The van der Waals surface area contributed by atoms with Crippen LogP contribution in [0.2, 0.25) is 0 Å². The molecule has 2 aromatic carbocycles. The Bertz CT molecular complexity index is 767. The largest absolute Gasteiger partial charge is 0.461 e. The van der Waals surface area contributed by atoms with Gasteiger partial charge in [-0.3, -0.25) is 9.59 Å². The molecule has 0 radical (unpaired) electrons. The van der Waals surface area contributed by atoms with Gasteiger partial charge in [-0.05, 0) is 11.6 Å². The number of hydrogen-bond donors (Lipinski definition) is 1. The highest BCUT2D eigenvalue weighted by Gasteiger charge is 2.30. The lowest BCUT2D eigenvalue weighted by atomic mass is 10.1.